The topological polar surface area (TPSA) is 59.6 Å². The van der Waals surface area contributed by atoms with E-state index in [-0.39, 0.29) is 6.03 Å². The summed E-state index contributed by atoms with van der Waals surface area (Å²) in [4.78, 5) is 11.9. The summed E-state index contributed by atoms with van der Waals surface area (Å²) in [5.74, 6) is 1.34. The maximum atomic E-state index is 11.9. The molecule has 122 valence electrons. The van der Waals surface area contributed by atoms with Crippen molar-refractivity contribution in [3.05, 3.63) is 59.2 Å². The number of methoxy groups -OCH3 is 2. The van der Waals surface area contributed by atoms with E-state index in [4.69, 9.17) is 9.47 Å². The first-order valence-corrected chi connectivity index (χ1v) is 7.41. The average molecular weight is 314 g/mol. The highest BCUT2D eigenvalue weighted by molar-refractivity contribution is 5.73. The fourth-order valence-corrected chi connectivity index (χ4v) is 2.23. The van der Waals surface area contributed by atoms with Crippen LogP contribution in [0.4, 0.5) is 4.79 Å². The van der Waals surface area contributed by atoms with Gasteiger partial charge in [0.1, 0.15) is 0 Å². The predicted molar refractivity (Wildman–Crippen MR) is 89.8 cm³/mol. The van der Waals surface area contributed by atoms with Gasteiger partial charge in [-0.3, -0.25) is 0 Å². The second-order valence-corrected chi connectivity index (χ2v) is 5.16. The number of hydrogen-bond acceptors (Lipinski definition) is 3. The summed E-state index contributed by atoms with van der Waals surface area (Å²) >= 11 is 0. The summed E-state index contributed by atoms with van der Waals surface area (Å²) in [6, 6.07) is 13.4. The quantitative estimate of drug-likeness (QED) is 0.861. The molecule has 0 unspecified atom stereocenters. The normalized spacial score (nSPS) is 10.0. The first kappa shape index (κ1) is 16.7. The number of rotatable bonds is 6. The lowest BCUT2D eigenvalue weighted by Gasteiger charge is -2.13. The fraction of sp³-hybridized carbons (Fsp3) is 0.278. The van der Waals surface area contributed by atoms with Crippen LogP contribution >= 0.6 is 0 Å². The lowest BCUT2D eigenvalue weighted by Crippen LogP contribution is -2.34. The van der Waals surface area contributed by atoms with E-state index in [1.165, 1.54) is 0 Å². The van der Waals surface area contributed by atoms with Gasteiger partial charge in [-0.2, -0.15) is 0 Å². The van der Waals surface area contributed by atoms with E-state index in [2.05, 4.69) is 10.6 Å². The Morgan fingerprint density at radius 1 is 0.957 bits per heavy atom. The molecule has 0 aliphatic rings. The Bertz CT molecular complexity index is 657. The van der Waals surface area contributed by atoms with Gasteiger partial charge in [0.25, 0.3) is 0 Å². The molecular weight excluding hydrogens is 292 g/mol. The second kappa shape index (κ2) is 8.08. The number of ether oxygens (including phenoxy) is 2. The molecule has 0 bridgehead atoms. The number of carbonyl (C=O) groups is 1. The van der Waals surface area contributed by atoms with Crippen LogP contribution in [0.15, 0.2) is 42.5 Å². The van der Waals surface area contributed by atoms with Gasteiger partial charge >= 0.3 is 6.03 Å². The van der Waals surface area contributed by atoms with Crippen molar-refractivity contribution in [1.29, 1.82) is 0 Å². The fourth-order valence-electron chi connectivity index (χ4n) is 2.23. The van der Waals surface area contributed by atoms with Crippen LogP contribution in [0.25, 0.3) is 0 Å². The van der Waals surface area contributed by atoms with Crippen molar-refractivity contribution in [3.63, 3.8) is 0 Å². The van der Waals surface area contributed by atoms with E-state index in [1.54, 1.807) is 14.2 Å². The van der Waals surface area contributed by atoms with Crippen LogP contribution in [0.1, 0.15) is 16.7 Å². The third-order valence-electron chi connectivity index (χ3n) is 3.58. The van der Waals surface area contributed by atoms with Crippen LogP contribution in [0.5, 0.6) is 11.5 Å². The number of hydrogen-bond donors (Lipinski definition) is 2. The van der Waals surface area contributed by atoms with Gasteiger partial charge < -0.3 is 20.1 Å². The van der Waals surface area contributed by atoms with E-state index in [1.807, 2.05) is 49.4 Å². The van der Waals surface area contributed by atoms with Gasteiger partial charge in [0, 0.05) is 13.1 Å². The molecule has 0 aliphatic heterocycles. The molecule has 23 heavy (non-hydrogen) atoms. The molecule has 0 saturated carbocycles. The highest BCUT2D eigenvalue weighted by Gasteiger charge is 2.09. The van der Waals surface area contributed by atoms with Crippen molar-refractivity contribution < 1.29 is 14.3 Å². The van der Waals surface area contributed by atoms with E-state index in [0.717, 1.165) is 16.7 Å². The maximum Gasteiger partial charge on any atom is 0.315 e. The first-order chi connectivity index (χ1) is 11.1. The molecule has 0 aliphatic carbocycles. The van der Waals surface area contributed by atoms with Crippen LogP contribution in [-0.2, 0) is 13.1 Å². The lowest BCUT2D eigenvalue weighted by atomic mass is 10.1. The minimum Gasteiger partial charge on any atom is -0.493 e. The van der Waals surface area contributed by atoms with Gasteiger partial charge in [-0.05, 0) is 35.7 Å². The molecule has 5 heteroatoms. The molecule has 0 spiro atoms. The van der Waals surface area contributed by atoms with Crippen LogP contribution in [0.2, 0.25) is 0 Å². The Balaban J connectivity index is 1.91. The second-order valence-electron chi connectivity index (χ2n) is 5.16. The number of urea groups is 1. The van der Waals surface area contributed by atoms with Crippen LogP contribution < -0.4 is 20.1 Å². The summed E-state index contributed by atoms with van der Waals surface area (Å²) in [5, 5.41) is 5.69. The van der Waals surface area contributed by atoms with Crippen LogP contribution in [0, 0.1) is 6.92 Å². The number of amides is 2. The largest absolute Gasteiger partial charge is 0.493 e. The van der Waals surface area contributed by atoms with Crippen molar-refractivity contribution >= 4 is 6.03 Å². The highest BCUT2D eigenvalue weighted by Crippen LogP contribution is 2.30. The Kier molecular flexibility index (Phi) is 5.86. The minimum absolute atomic E-state index is 0.206. The van der Waals surface area contributed by atoms with Crippen LogP contribution in [-0.4, -0.2) is 20.3 Å². The molecular formula is C18H22N2O3. The molecule has 0 fully saturated rings. The first-order valence-electron chi connectivity index (χ1n) is 7.41. The lowest BCUT2D eigenvalue weighted by molar-refractivity contribution is 0.240. The van der Waals surface area contributed by atoms with E-state index in [9.17, 15) is 4.79 Å². The highest BCUT2D eigenvalue weighted by atomic mass is 16.5. The van der Waals surface area contributed by atoms with Gasteiger partial charge in [-0.15, -0.1) is 0 Å². The molecule has 5 nitrogen and oxygen atoms in total. The van der Waals surface area contributed by atoms with E-state index >= 15 is 0 Å². The van der Waals surface area contributed by atoms with Crippen molar-refractivity contribution in [2.75, 3.05) is 14.2 Å². The smallest absolute Gasteiger partial charge is 0.315 e. The Labute approximate surface area is 136 Å². The third-order valence-corrected chi connectivity index (χ3v) is 3.58. The molecule has 2 rings (SSSR count). The Hall–Kier alpha value is -2.69. The molecule has 0 heterocycles. The zero-order chi connectivity index (χ0) is 16.7. The number of benzene rings is 2. The zero-order valence-electron chi connectivity index (χ0n) is 13.7. The van der Waals surface area contributed by atoms with Gasteiger partial charge in [0.2, 0.25) is 0 Å². The molecule has 2 aromatic carbocycles. The summed E-state index contributed by atoms with van der Waals surface area (Å²) in [6.07, 6.45) is 0. The SMILES string of the molecule is COc1cc(C)c(CNC(=O)NCc2ccccc2)cc1OC. The molecule has 0 aromatic heterocycles. The third kappa shape index (κ3) is 4.64. The molecule has 2 N–H and O–H groups in total. The van der Waals surface area contributed by atoms with Crippen molar-refractivity contribution in [3.8, 4) is 11.5 Å². The summed E-state index contributed by atoms with van der Waals surface area (Å²) in [5.41, 5.74) is 3.08. The standard InChI is InChI=1S/C18H22N2O3/c1-13-9-16(22-2)17(23-3)10-15(13)12-20-18(21)19-11-14-7-5-4-6-8-14/h4-10H,11-12H2,1-3H3,(H2,19,20,21). The molecule has 0 atom stereocenters. The molecule has 0 radical (unpaired) electrons. The minimum atomic E-state index is -0.206. The summed E-state index contributed by atoms with van der Waals surface area (Å²) in [7, 11) is 3.20. The van der Waals surface area contributed by atoms with Gasteiger partial charge in [-0.25, -0.2) is 4.79 Å². The van der Waals surface area contributed by atoms with Crippen molar-refractivity contribution in [2.45, 2.75) is 20.0 Å². The zero-order valence-corrected chi connectivity index (χ0v) is 13.7. The predicted octanol–water partition coefficient (Wildman–Crippen LogP) is 3.01. The Morgan fingerprint density at radius 2 is 1.57 bits per heavy atom. The van der Waals surface area contributed by atoms with Gasteiger partial charge in [0.05, 0.1) is 14.2 Å². The summed E-state index contributed by atoms with van der Waals surface area (Å²) < 4.78 is 10.6. The number of carbonyl (C=O) groups excluding carboxylic acids is 1. The maximum absolute atomic E-state index is 11.9. The van der Waals surface area contributed by atoms with E-state index in [0.29, 0.717) is 24.6 Å². The average Bonchev–Trinajstić information content (AvgIpc) is 2.59. The molecule has 2 aromatic rings. The van der Waals surface area contributed by atoms with Gasteiger partial charge in [0.15, 0.2) is 11.5 Å². The molecule has 2 amide bonds. The van der Waals surface area contributed by atoms with Crippen LogP contribution in [0.3, 0.4) is 0 Å². The van der Waals surface area contributed by atoms with Crippen molar-refractivity contribution in [2.24, 2.45) is 0 Å². The Morgan fingerprint density at radius 3 is 2.22 bits per heavy atom. The number of nitrogens with one attached hydrogen (secondary N) is 2. The van der Waals surface area contributed by atoms with Gasteiger partial charge in [-0.1, -0.05) is 30.3 Å². The van der Waals surface area contributed by atoms with Crippen molar-refractivity contribution in [1.82, 2.24) is 10.6 Å². The van der Waals surface area contributed by atoms with E-state index < -0.39 is 0 Å². The number of aryl methyl sites for hydroxylation is 1. The monoisotopic (exact) mass is 314 g/mol. The summed E-state index contributed by atoms with van der Waals surface area (Å²) in [6.45, 7) is 2.89. The molecule has 0 saturated heterocycles.